The van der Waals surface area contributed by atoms with Gasteiger partial charge in [0, 0.05) is 24.2 Å². The van der Waals surface area contributed by atoms with Gasteiger partial charge >= 0.3 is 0 Å². The van der Waals surface area contributed by atoms with Crippen molar-refractivity contribution in [2.24, 2.45) is 0 Å². The molecule has 1 aromatic heterocycles. The quantitative estimate of drug-likeness (QED) is 0.612. The predicted octanol–water partition coefficient (Wildman–Crippen LogP) is 3.76. The molecule has 0 atom stereocenters. The molecule has 0 saturated heterocycles. The molecule has 0 unspecified atom stereocenters. The minimum Gasteiger partial charge on any atom is -0.486 e. The molecule has 0 aliphatic carbocycles. The lowest BCUT2D eigenvalue weighted by molar-refractivity contribution is -0.347. The van der Waals surface area contributed by atoms with E-state index in [2.05, 4.69) is 4.98 Å². The third-order valence-corrected chi connectivity index (χ3v) is 7.06. The Hall–Kier alpha value is -2.51. The van der Waals surface area contributed by atoms with Crippen LogP contribution in [0.1, 0.15) is 13.8 Å². The largest absolute Gasteiger partial charge is 0.486 e. The lowest BCUT2D eigenvalue weighted by Gasteiger charge is -2.25. The molecule has 0 saturated carbocycles. The number of sulfone groups is 1. The average Bonchev–Trinajstić information content (AvgIpc) is 2.73. The van der Waals surface area contributed by atoms with Crippen molar-refractivity contribution >= 4 is 38.0 Å². The van der Waals surface area contributed by atoms with E-state index in [1.807, 2.05) is 30.9 Å². The number of benzene rings is 2. The van der Waals surface area contributed by atoms with E-state index in [1.165, 1.54) is 12.1 Å². The number of aromatic nitrogens is 1. The van der Waals surface area contributed by atoms with Gasteiger partial charge in [0.05, 0.1) is 22.0 Å². The molecule has 152 valence electrons. The summed E-state index contributed by atoms with van der Waals surface area (Å²) in [5.41, 5.74) is 1.43. The van der Waals surface area contributed by atoms with Crippen molar-refractivity contribution in [1.29, 1.82) is 0 Å². The van der Waals surface area contributed by atoms with Crippen molar-refractivity contribution in [3.8, 4) is 11.5 Å². The molecule has 4 rings (SSSR count). The number of ether oxygens (including phenoxy) is 2. The van der Waals surface area contributed by atoms with Crippen LogP contribution in [0.15, 0.2) is 52.4 Å². The highest BCUT2D eigenvalue weighted by molar-refractivity contribution is 7.91. The summed E-state index contributed by atoms with van der Waals surface area (Å²) in [7, 11) is -3.77. The number of hydrogen-bond acceptors (Lipinski definition) is 5. The third kappa shape index (κ3) is 3.49. The number of rotatable bonds is 5. The Morgan fingerprint density at radius 3 is 2.28 bits per heavy atom. The fraction of sp³-hybridized carbons (Fsp3) is 0.286. The first-order chi connectivity index (χ1) is 14.0. The molecule has 1 N–H and O–H groups in total. The van der Waals surface area contributed by atoms with E-state index in [0.717, 1.165) is 10.9 Å². The van der Waals surface area contributed by atoms with Crippen LogP contribution in [0.2, 0.25) is 5.02 Å². The number of nitrogens with zero attached hydrogens (tertiary/aromatic N) is 1. The van der Waals surface area contributed by atoms with Crippen molar-refractivity contribution in [3.05, 3.63) is 47.6 Å². The summed E-state index contributed by atoms with van der Waals surface area (Å²) in [4.78, 5) is 5.58. The van der Waals surface area contributed by atoms with Crippen LogP contribution in [0.25, 0.3) is 10.9 Å². The van der Waals surface area contributed by atoms with Crippen LogP contribution in [0, 0.1) is 0 Å². The molecule has 6 nitrogen and oxygen atoms in total. The Balaban J connectivity index is 2.00. The van der Waals surface area contributed by atoms with Gasteiger partial charge in [-0.15, -0.1) is 0 Å². The molecule has 1 aliphatic rings. The van der Waals surface area contributed by atoms with Crippen LogP contribution in [0.5, 0.6) is 11.5 Å². The topological polar surface area (TPSA) is 70.0 Å². The summed E-state index contributed by atoms with van der Waals surface area (Å²) in [6.45, 7) is 6.28. The Morgan fingerprint density at radius 1 is 1.03 bits per heavy atom. The number of anilines is 1. The molecular formula is C21H22ClN2O4S+. The number of hydrogen-bond donors (Lipinski definition) is 0. The molecule has 2 heterocycles. The molecule has 0 radical (unpaired) electrons. The maximum Gasteiger partial charge on any atom is 0.217 e. The zero-order valence-electron chi connectivity index (χ0n) is 16.2. The van der Waals surface area contributed by atoms with Gasteiger partial charge in [-0.2, -0.15) is 0 Å². The molecule has 29 heavy (non-hydrogen) atoms. The maximum absolute atomic E-state index is 13.5. The van der Waals surface area contributed by atoms with Gasteiger partial charge in [0.15, 0.2) is 22.6 Å². The number of H-pyrrole nitrogens is 1. The van der Waals surface area contributed by atoms with Gasteiger partial charge in [0.25, 0.3) is 0 Å². The lowest BCUT2D eigenvalue weighted by Crippen LogP contribution is -2.26. The summed E-state index contributed by atoms with van der Waals surface area (Å²) >= 11 is 5.94. The zero-order chi connectivity index (χ0) is 20.6. The van der Waals surface area contributed by atoms with Gasteiger partial charge in [-0.1, -0.05) is 11.6 Å². The molecule has 0 fully saturated rings. The minimum atomic E-state index is -3.77. The third-order valence-electron chi connectivity index (χ3n) is 5.02. The first kappa shape index (κ1) is 19.8. The fourth-order valence-corrected chi connectivity index (χ4v) is 5.14. The molecule has 1 aliphatic heterocycles. The highest BCUT2D eigenvalue weighted by Gasteiger charge is 2.30. The smallest absolute Gasteiger partial charge is 0.217 e. The molecule has 0 amide bonds. The molecule has 3 aromatic rings. The Kier molecular flexibility index (Phi) is 5.27. The van der Waals surface area contributed by atoms with E-state index in [9.17, 15) is 8.42 Å². The highest BCUT2D eigenvalue weighted by Crippen LogP contribution is 2.40. The molecule has 2 aromatic carbocycles. The second-order valence-corrected chi connectivity index (χ2v) is 9.03. The van der Waals surface area contributed by atoms with Gasteiger partial charge in [0.1, 0.15) is 13.2 Å². The van der Waals surface area contributed by atoms with Crippen molar-refractivity contribution in [2.75, 3.05) is 31.2 Å². The standard InChI is InChI=1S/C21H21ClN2O4S/c1-3-24(4-2)21-16-11-18-19(28-10-9-27-18)12-17(16)23-13-20(21)29(25,26)15-7-5-14(22)6-8-15/h5-8,11-13H,3-4,9-10H2,1-2H3/p+1. The number of halogens is 1. The Bertz CT molecular complexity index is 1160. The van der Waals surface area contributed by atoms with E-state index < -0.39 is 9.84 Å². The summed E-state index contributed by atoms with van der Waals surface area (Å²) in [6.07, 6.45) is 1.55. The van der Waals surface area contributed by atoms with Crippen molar-refractivity contribution in [1.82, 2.24) is 0 Å². The monoisotopic (exact) mass is 433 g/mol. The number of nitrogens with one attached hydrogen (secondary N) is 1. The van der Waals surface area contributed by atoms with E-state index in [1.54, 1.807) is 18.3 Å². The minimum absolute atomic E-state index is 0.195. The van der Waals surface area contributed by atoms with Gasteiger partial charge in [-0.25, -0.2) is 13.4 Å². The van der Waals surface area contributed by atoms with Crippen LogP contribution in [-0.4, -0.2) is 34.7 Å². The van der Waals surface area contributed by atoms with Gasteiger partial charge < -0.3 is 14.4 Å². The molecule has 0 spiro atoms. The van der Waals surface area contributed by atoms with E-state index in [-0.39, 0.29) is 9.79 Å². The average molecular weight is 434 g/mol. The first-order valence-electron chi connectivity index (χ1n) is 9.49. The summed E-state index contributed by atoms with van der Waals surface area (Å²) in [5.74, 6) is 1.27. The van der Waals surface area contributed by atoms with Crippen molar-refractivity contribution in [2.45, 2.75) is 23.6 Å². The molecule has 0 bridgehead atoms. The normalized spacial score (nSPS) is 13.5. The van der Waals surface area contributed by atoms with Crippen molar-refractivity contribution in [3.63, 3.8) is 0 Å². The van der Waals surface area contributed by atoms with Gasteiger partial charge in [-0.05, 0) is 38.1 Å². The van der Waals surface area contributed by atoms with E-state index in [0.29, 0.717) is 48.5 Å². The first-order valence-corrected chi connectivity index (χ1v) is 11.4. The number of aromatic amines is 1. The second kappa shape index (κ2) is 7.72. The highest BCUT2D eigenvalue weighted by atomic mass is 35.5. The maximum atomic E-state index is 13.5. The van der Waals surface area contributed by atoms with Gasteiger partial charge in [-0.3, -0.25) is 0 Å². The number of pyridine rings is 1. The SMILES string of the molecule is CCN(CC)c1c(S(=O)(=O)c2ccc(Cl)cc2)c[nH+]c2cc3c(cc12)OCCO3. The fourth-order valence-electron chi connectivity index (χ4n) is 3.56. The summed E-state index contributed by atoms with van der Waals surface area (Å²) in [5, 5.41) is 1.26. The van der Waals surface area contributed by atoms with Crippen LogP contribution in [0.3, 0.4) is 0 Å². The lowest BCUT2D eigenvalue weighted by atomic mass is 10.1. The van der Waals surface area contributed by atoms with Crippen LogP contribution >= 0.6 is 11.6 Å². The zero-order valence-corrected chi connectivity index (χ0v) is 17.8. The summed E-state index contributed by atoms with van der Waals surface area (Å²) in [6, 6.07) is 9.93. The Labute approximate surface area is 174 Å². The van der Waals surface area contributed by atoms with E-state index in [4.69, 9.17) is 21.1 Å². The van der Waals surface area contributed by atoms with Crippen LogP contribution in [0.4, 0.5) is 5.69 Å². The van der Waals surface area contributed by atoms with Crippen LogP contribution < -0.4 is 19.4 Å². The number of fused-ring (bicyclic) bond motifs is 2. The van der Waals surface area contributed by atoms with Crippen LogP contribution in [-0.2, 0) is 9.84 Å². The molecular weight excluding hydrogens is 412 g/mol. The predicted molar refractivity (Wildman–Crippen MR) is 112 cm³/mol. The van der Waals surface area contributed by atoms with Crippen molar-refractivity contribution < 1.29 is 22.9 Å². The summed E-state index contributed by atoms with van der Waals surface area (Å²) < 4.78 is 38.4. The van der Waals surface area contributed by atoms with E-state index >= 15 is 0 Å². The van der Waals surface area contributed by atoms with Gasteiger partial charge in [0.2, 0.25) is 15.4 Å². The second-order valence-electron chi connectivity index (χ2n) is 6.67. The Morgan fingerprint density at radius 2 is 1.66 bits per heavy atom. The molecule has 8 heteroatoms.